The summed E-state index contributed by atoms with van der Waals surface area (Å²) in [5.74, 6) is -1.14. The summed E-state index contributed by atoms with van der Waals surface area (Å²) in [7, 11) is 0. The molecule has 2 aromatic carbocycles. The minimum Gasteiger partial charge on any atom is -0.478 e. The zero-order valence-electron chi connectivity index (χ0n) is 15.9. The van der Waals surface area contributed by atoms with Crippen LogP contribution in [-0.4, -0.2) is 29.9 Å². The van der Waals surface area contributed by atoms with Crippen LogP contribution in [0, 0.1) is 0 Å². The molecule has 2 heterocycles. The van der Waals surface area contributed by atoms with Crippen LogP contribution in [-0.2, 0) is 0 Å². The third-order valence-corrected chi connectivity index (χ3v) is 6.03. The molecule has 146 valence electrons. The average molecular weight is 404 g/mol. The smallest absolute Gasteiger partial charge is 0.335 e. The number of carboxylic acid groups (broad SMARTS) is 1. The lowest BCUT2D eigenvalue weighted by Crippen LogP contribution is -2.18. The van der Waals surface area contributed by atoms with Gasteiger partial charge in [-0.3, -0.25) is 4.79 Å². The first kappa shape index (κ1) is 19.2. The number of aromatic carboxylic acids is 1. The Bertz CT molecular complexity index is 1050. The molecule has 0 atom stereocenters. The molecule has 29 heavy (non-hydrogen) atoms. The molecule has 0 aliphatic carbocycles. The lowest BCUT2D eigenvalue weighted by molar-refractivity contribution is 0.0696. The number of carbonyl (C=O) groups excluding carboxylic acids is 1. The van der Waals surface area contributed by atoms with E-state index in [1.165, 1.54) is 29.9 Å². The van der Waals surface area contributed by atoms with E-state index in [0.29, 0.717) is 5.56 Å². The normalized spacial score (nSPS) is 13.9. The van der Waals surface area contributed by atoms with Gasteiger partial charge in [0.25, 0.3) is 0 Å². The van der Waals surface area contributed by atoms with Crippen molar-refractivity contribution in [2.75, 3.05) is 18.0 Å². The molecule has 1 saturated heterocycles. The molecule has 0 saturated carbocycles. The van der Waals surface area contributed by atoms with Crippen molar-refractivity contribution in [3.05, 3.63) is 82.7 Å². The molecule has 1 aliphatic rings. The Morgan fingerprint density at radius 2 is 1.69 bits per heavy atom. The number of nitrogens with zero attached hydrogens (tertiary/aromatic N) is 1. The minimum absolute atomic E-state index is 0.143. The Labute approximate surface area is 173 Å². The van der Waals surface area contributed by atoms with Crippen molar-refractivity contribution in [2.24, 2.45) is 0 Å². The molecule has 4 rings (SSSR count). The van der Waals surface area contributed by atoms with Gasteiger partial charge in [0.2, 0.25) is 0 Å². The van der Waals surface area contributed by atoms with E-state index in [1.807, 2.05) is 12.1 Å². The number of anilines is 1. The molecule has 0 bridgehead atoms. The van der Waals surface area contributed by atoms with Gasteiger partial charge in [0, 0.05) is 29.2 Å². The molecule has 3 aromatic rings. The van der Waals surface area contributed by atoms with Crippen LogP contribution in [0.4, 0.5) is 5.69 Å². The highest BCUT2D eigenvalue weighted by atomic mass is 32.1. The van der Waals surface area contributed by atoms with Crippen molar-refractivity contribution in [1.82, 2.24) is 0 Å². The van der Waals surface area contributed by atoms with E-state index in [1.54, 1.807) is 29.5 Å². The lowest BCUT2D eigenvalue weighted by atomic mass is 10.0. The van der Waals surface area contributed by atoms with E-state index in [4.69, 9.17) is 5.11 Å². The summed E-state index contributed by atoms with van der Waals surface area (Å²) in [5, 5.41) is 11.1. The van der Waals surface area contributed by atoms with Gasteiger partial charge in [0.15, 0.2) is 5.78 Å². The average Bonchev–Trinajstić information content (AvgIpc) is 3.46. The standard InChI is InChI=1S/C24H21NO3S/c26-22(17-5-7-18(8-6-17)24(27)28)12-10-19-16-20(23-4-3-15-29-23)9-11-21(19)25-13-1-2-14-25/h3-12,15-16H,1-2,13-14H2,(H,27,28)/b12-10+. The van der Waals surface area contributed by atoms with Crippen molar-refractivity contribution in [3.63, 3.8) is 0 Å². The Morgan fingerprint density at radius 1 is 0.966 bits per heavy atom. The first-order chi connectivity index (χ1) is 14.1. The zero-order chi connectivity index (χ0) is 20.2. The summed E-state index contributed by atoms with van der Waals surface area (Å²) in [6, 6.07) is 16.6. The summed E-state index contributed by atoms with van der Waals surface area (Å²) in [5.41, 5.74) is 3.95. The maximum Gasteiger partial charge on any atom is 0.335 e. The first-order valence-electron chi connectivity index (χ1n) is 9.60. The molecule has 4 nitrogen and oxygen atoms in total. The highest BCUT2D eigenvalue weighted by Crippen LogP contribution is 2.32. The van der Waals surface area contributed by atoms with Gasteiger partial charge in [0.05, 0.1) is 5.56 Å². The molecule has 0 radical (unpaired) electrons. The van der Waals surface area contributed by atoms with Gasteiger partial charge in [0.1, 0.15) is 0 Å². The predicted octanol–water partition coefficient (Wildman–Crippen LogP) is 5.61. The first-order valence-corrected chi connectivity index (χ1v) is 10.5. The van der Waals surface area contributed by atoms with E-state index >= 15 is 0 Å². The Morgan fingerprint density at radius 3 is 2.34 bits per heavy atom. The lowest BCUT2D eigenvalue weighted by Gasteiger charge is -2.21. The SMILES string of the molecule is O=C(O)c1ccc(C(=O)/C=C/c2cc(-c3cccs3)ccc2N2CCCC2)cc1. The van der Waals surface area contributed by atoms with E-state index in [0.717, 1.165) is 29.9 Å². The fourth-order valence-corrected chi connectivity index (χ4v) is 4.29. The van der Waals surface area contributed by atoms with Crippen molar-refractivity contribution < 1.29 is 14.7 Å². The van der Waals surface area contributed by atoms with Crippen molar-refractivity contribution in [2.45, 2.75) is 12.8 Å². The van der Waals surface area contributed by atoms with Crippen LogP contribution < -0.4 is 4.90 Å². The topological polar surface area (TPSA) is 57.6 Å². The highest BCUT2D eigenvalue weighted by molar-refractivity contribution is 7.13. The second-order valence-electron chi connectivity index (χ2n) is 7.03. The van der Waals surface area contributed by atoms with Gasteiger partial charge in [-0.15, -0.1) is 11.3 Å². The van der Waals surface area contributed by atoms with Crippen LogP contribution in [0.15, 0.2) is 66.1 Å². The van der Waals surface area contributed by atoms with Crippen LogP contribution in [0.5, 0.6) is 0 Å². The van der Waals surface area contributed by atoms with Crippen LogP contribution in [0.1, 0.15) is 39.1 Å². The van der Waals surface area contributed by atoms with E-state index in [9.17, 15) is 9.59 Å². The molecule has 5 heteroatoms. The van der Waals surface area contributed by atoms with Gasteiger partial charge in [-0.2, -0.15) is 0 Å². The number of benzene rings is 2. The maximum atomic E-state index is 12.6. The second kappa shape index (κ2) is 8.45. The molecule has 0 spiro atoms. The van der Waals surface area contributed by atoms with Crippen molar-refractivity contribution >= 4 is 34.9 Å². The second-order valence-corrected chi connectivity index (χ2v) is 7.97. The summed E-state index contributed by atoms with van der Waals surface area (Å²) in [6.07, 6.45) is 5.82. The van der Waals surface area contributed by atoms with E-state index < -0.39 is 5.97 Å². The van der Waals surface area contributed by atoms with Gasteiger partial charge in [-0.1, -0.05) is 24.3 Å². The number of carboxylic acids is 1. The number of rotatable bonds is 6. The summed E-state index contributed by atoms with van der Waals surface area (Å²) < 4.78 is 0. The monoisotopic (exact) mass is 403 g/mol. The molecular weight excluding hydrogens is 382 g/mol. The fraction of sp³-hybridized carbons (Fsp3) is 0.167. The molecule has 1 N–H and O–H groups in total. The van der Waals surface area contributed by atoms with Crippen LogP contribution in [0.25, 0.3) is 16.5 Å². The number of hydrogen-bond donors (Lipinski definition) is 1. The quantitative estimate of drug-likeness (QED) is 0.429. The molecular formula is C24H21NO3S. The number of hydrogen-bond acceptors (Lipinski definition) is 4. The Hall–Kier alpha value is -3.18. The summed E-state index contributed by atoms with van der Waals surface area (Å²) >= 11 is 1.70. The molecule has 1 aliphatic heterocycles. The van der Waals surface area contributed by atoms with Crippen LogP contribution in [0.3, 0.4) is 0 Å². The highest BCUT2D eigenvalue weighted by Gasteiger charge is 2.16. The number of carbonyl (C=O) groups is 2. The Kier molecular flexibility index (Phi) is 5.58. The fourth-order valence-electron chi connectivity index (χ4n) is 3.57. The number of allylic oxidation sites excluding steroid dienone is 1. The third kappa shape index (κ3) is 4.30. The van der Waals surface area contributed by atoms with Crippen LogP contribution in [0.2, 0.25) is 0 Å². The largest absolute Gasteiger partial charge is 0.478 e. The third-order valence-electron chi connectivity index (χ3n) is 5.11. The maximum absolute atomic E-state index is 12.6. The summed E-state index contributed by atoms with van der Waals surface area (Å²) in [6.45, 7) is 2.06. The predicted molar refractivity (Wildman–Crippen MR) is 118 cm³/mol. The van der Waals surface area contributed by atoms with Crippen LogP contribution >= 0.6 is 11.3 Å². The number of thiophene rings is 1. The minimum atomic E-state index is -1.000. The summed E-state index contributed by atoms with van der Waals surface area (Å²) in [4.78, 5) is 27.1. The molecule has 0 amide bonds. The molecule has 0 unspecified atom stereocenters. The van der Waals surface area contributed by atoms with Crippen molar-refractivity contribution in [1.29, 1.82) is 0 Å². The number of ketones is 1. The molecule has 1 aromatic heterocycles. The van der Waals surface area contributed by atoms with E-state index in [-0.39, 0.29) is 11.3 Å². The van der Waals surface area contributed by atoms with Gasteiger partial charge in [-0.25, -0.2) is 4.79 Å². The van der Waals surface area contributed by atoms with Gasteiger partial charge in [-0.05, 0) is 71.8 Å². The zero-order valence-corrected chi connectivity index (χ0v) is 16.7. The Balaban J connectivity index is 1.63. The molecule has 1 fully saturated rings. The van der Waals surface area contributed by atoms with E-state index in [2.05, 4.69) is 34.5 Å². The van der Waals surface area contributed by atoms with Gasteiger partial charge < -0.3 is 10.0 Å². The van der Waals surface area contributed by atoms with Crippen molar-refractivity contribution in [3.8, 4) is 10.4 Å². The van der Waals surface area contributed by atoms with Gasteiger partial charge >= 0.3 is 5.97 Å².